The first-order valence-corrected chi connectivity index (χ1v) is 24.4. The first-order valence-electron chi connectivity index (χ1n) is 17.3. The van der Waals surface area contributed by atoms with Crippen LogP contribution in [0.1, 0.15) is 27.0 Å². The second-order valence-electron chi connectivity index (χ2n) is 13.1. The maximum atomic E-state index is 13.5. The van der Waals surface area contributed by atoms with Crippen molar-refractivity contribution in [1.29, 1.82) is 0 Å². The first kappa shape index (κ1) is 66.9. The van der Waals surface area contributed by atoms with Crippen molar-refractivity contribution in [3.63, 3.8) is 0 Å². The quantitative estimate of drug-likeness (QED) is 0.0269. The molecule has 342 valence electrons. The number of non-ortho nitro benzene ring substituents is 1. The zero-order chi connectivity index (χ0) is 48.6. The van der Waals surface area contributed by atoms with Crippen LogP contribution in [-0.4, -0.2) is 81.3 Å². The van der Waals surface area contributed by atoms with Crippen LogP contribution in [0.15, 0.2) is 147 Å². The normalized spacial score (nSPS) is 13.5. The Kier molecular flexibility index (Phi) is 25.0. The van der Waals surface area contributed by atoms with Gasteiger partial charge in [-0.05, 0) is 102 Å². The molecule has 1 aliphatic rings. The van der Waals surface area contributed by atoms with Crippen LogP contribution in [0.4, 0.5) is 34.1 Å². The molecule has 0 unspecified atom stereocenters. The van der Waals surface area contributed by atoms with E-state index in [2.05, 4.69) is 31.0 Å². The van der Waals surface area contributed by atoms with Gasteiger partial charge < -0.3 is 22.8 Å². The fourth-order valence-corrected chi connectivity index (χ4v) is 8.84. The molecule has 71 heavy (non-hydrogen) atoms. The van der Waals surface area contributed by atoms with Gasteiger partial charge in [0.15, 0.2) is 0 Å². The number of nitro benzene ring substituents is 1. The average molecular weight is 1110 g/mol. The molecular weight excluding hydrogens is 1090 g/mol. The molecule has 0 fully saturated rings. The first-order chi connectivity index (χ1) is 30.6. The SMILES string of the molecule is O=C1/C(=N\Nc2ccc(N=Nc3ccc(S(=O)(=O)[O-])cc3)cc2S(=O)(=O)[O-])C(S(=O)(=O)[O-])=Cc2cc(N=Nc3ccc(/C=C/c4ccc([N+](=O)[O-])cc4S(=O)(=O)[O-])c(S(=O)(=O)[O-])c3)ccc21.[Na+].[Na+].[Na+].[Na+].[Na+]. The van der Waals surface area contributed by atoms with E-state index >= 15 is 0 Å². The number of hydrazone groups is 1. The van der Waals surface area contributed by atoms with Gasteiger partial charge in [0, 0.05) is 17.7 Å². The van der Waals surface area contributed by atoms with Gasteiger partial charge in [-0.2, -0.15) is 25.6 Å². The van der Waals surface area contributed by atoms with Gasteiger partial charge in [0.05, 0.1) is 57.8 Å². The summed E-state index contributed by atoms with van der Waals surface area (Å²) >= 11 is 0. The van der Waals surface area contributed by atoms with Crippen molar-refractivity contribution in [2.24, 2.45) is 25.6 Å². The summed E-state index contributed by atoms with van der Waals surface area (Å²) in [4.78, 5) is 19.0. The van der Waals surface area contributed by atoms with Crippen LogP contribution in [0.2, 0.25) is 0 Å². The smallest absolute Gasteiger partial charge is 0.744 e. The Bertz CT molecular complexity index is 3660. The number of fused-ring (bicyclic) bond motifs is 1. The Hall–Kier alpha value is -2.13. The number of nitrogens with zero attached hydrogens (tertiary/aromatic N) is 6. The van der Waals surface area contributed by atoms with Gasteiger partial charge >= 0.3 is 148 Å². The van der Waals surface area contributed by atoms with Gasteiger partial charge in [0.1, 0.15) is 56.3 Å². The molecule has 0 saturated carbocycles. The molecule has 1 N–H and O–H groups in total. The minimum Gasteiger partial charge on any atom is -0.744 e. The minimum absolute atomic E-state index is 0. The number of nitro groups is 1. The zero-order valence-corrected chi connectivity index (χ0v) is 51.1. The molecule has 0 atom stereocenters. The standard InChI is InChI=1S/C36H25N7O18S5.5Na/c44-36-29-13-8-24(38-40-25-5-3-20(31(17-25)63(50,51)52)1-2-21-4-10-27(43(45)46)19-32(21)64(53,54)55)15-22(29)16-34(66(59,60)61)35(36)42-41-30-14-9-26(18-33(30)65(56,57)58)39-37-23-6-11-28(12-7-23)62(47,48)49;;;;;/h1-19,41H,(H,47,48,49)(H,50,51,52)(H,53,54,55)(H,56,57,58)(H,59,60,61);;;;;/q;5*+1/p-5/b2-1+,39-37?,40-38?,42-35-;;;;;. The Balaban J connectivity index is 0.00000504. The van der Waals surface area contributed by atoms with Crippen LogP contribution in [-0.2, 0) is 50.6 Å². The fourth-order valence-electron chi connectivity index (χ4n) is 5.69. The molecule has 0 bridgehead atoms. The number of allylic oxidation sites excluding steroid dienone is 1. The topological polar surface area (TPSA) is 420 Å². The molecule has 0 radical (unpaired) electrons. The van der Waals surface area contributed by atoms with Gasteiger partial charge in [0.25, 0.3) is 5.69 Å². The van der Waals surface area contributed by atoms with E-state index in [9.17, 15) is 79.8 Å². The molecule has 6 rings (SSSR count). The number of anilines is 1. The van der Waals surface area contributed by atoms with Gasteiger partial charge in [-0.25, -0.2) is 42.1 Å². The van der Waals surface area contributed by atoms with Gasteiger partial charge in [-0.15, -0.1) is 0 Å². The van der Waals surface area contributed by atoms with Crippen molar-refractivity contribution in [2.75, 3.05) is 5.43 Å². The van der Waals surface area contributed by atoms with E-state index in [4.69, 9.17) is 0 Å². The summed E-state index contributed by atoms with van der Waals surface area (Å²) in [7, 11) is -26.2. The van der Waals surface area contributed by atoms with Crippen LogP contribution in [0.3, 0.4) is 0 Å². The van der Waals surface area contributed by atoms with E-state index < -0.39 is 103 Å². The van der Waals surface area contributed by atoms with Crippen LogP contribution in [0, 0.1) is 10.1 Å². The second-order valence-corrected chi connectivity index (χ2v) is 19.8. The molecule has 0 aromatic heterocycles. The molecule has 1 aliphatic carbocycles. The van der Waals surface area contributed by atoms with Gasteiger partial charge in [-0.1, -0.05) is 18.2 Å². The van der Waals surface area contributed by atoms with Crippen molar-refractivity contribution in [1.82, 2.24) is 0 Å². The van der Waals surface area contributed by atoms with E-state index in [0.29, 0.717) is 6.07 Å². The number of Topliss-reactive ketones (excluding diaryl/α,β-unsaturated/α-hetero) is 1. The number of hydrogen-bond donors (Lipinski definition) is 1. The van der Waals surface area contributed by atoms with E-state index in [1.807, 2.05) is 0 Å². The maximum absolute atomic E-state index is 13.5. The molecule has 0 saturated heterocycles. The summed E-state index contributed by atoms with van der Waals surface area (Å²) in [5, 5.41) is 30.0. The molecule has 0 aliphatic heterocycles. The third kappa shape index (κ3) is 17.5. The molecule has 0 spiro atoms. The van der Waals surface area contributed by atoms with E-state index in [1.54, 1.807) is 0 Å². The third-order valence-electron chi connectivity index (χ3n) is 8.68. The second kappa shape index (κ2) is 26.6. The zero-order valence-electron chi connectivity index (χ0n) is 37.0. The third-order valence-corrected chi connectivity index (χ3v) is 13.0. The number of carbonyl (C=O) groups is 1. The molecular formula is C36H20N7Na5O18S5. The van der Waals surface area contributed by atoms with Crippen molar-refractivity contribution >= 4 is 114 Å². The number of azo groups is 2. The Labute approximate surface area is 514 Å². The summed E-state index contributed by atoms with van der Waals surface area (Å²) in [6.07, 6.45) is 2.60. The van der Waals surface area contributed by atoms with Crippen LogP contribution in [0.5, 0.6) is 0 Å². The van der Waals surface area contributed by atoms with E-state index in [1.165, 1.54) is 6.07 Å². The van der Waals surface area contributed by atoms with Crippen LogP contribution >= 0.6 is 0 Å². The number of benzene rings is 5. The molecule has 25 nitrogen and oxygen atoms in total. The Morgan fingerprint density at radius 1 is 0.493 bits per heavy atom. The molecule has 5 aromatic carbocycles. The van der Waals surface area contributed by atoms with E-state index in [0.717, 1.165) is 103 Å². The van der Waals surface area contributed by atoms with E-state index in [-0.39, 0.29) is 193 Å². The molecule has 0 amide bonds. The largest absolute Gasteiger partial charge is 1.00 e. The summed E-state index contributed by atoms with van der Waals surface area (Å²) < 4.78 is 179. The monoisotopic (exact) mass is 1110 g/mol. The summed E-state index contributed by atoms with van der Waals surface area (Å²) in [6.45, 7) is 0. The predicted octanol–water partition coefficient (Wildman–Crippen LogP) is -10.2. The maximum Gasteiger partial charge on any atom is 1.00 e. The summed E-state index contributed by atoms with van der Waals surface area (Å²) in [5.74, 6) is -1.19. The van der Waals surface area contributed by atoms with Crippen molar-refractivity contribution in [3.8, 4) is 0 Å². The fraction of sp³-hybridized carbons (Fsp3) is 0. The number of nitrogens with one attached hydrogen (secondary N) is 1. The summed E-state index contributed by atoms with van der Waals surface area (Å²) in [6, 6.07) is 15.5. The van der Waals surface area contributed by atoms with Crippen LogP contribution in [0.25, 0.3) is 18.2 Å². The number of ketones is 1. The number of carbonyl (C=O) groups excluding carboxylic acids is 1. The van der Waals surface area contributed by atoms with Crippen molar-refractivity contribution in [2.45, 2.75) is 19.6 Å². The average Bonchev–Trinajstić information content (AvgIpc) is 3.22. The van der Waals surface area contributed by atoms with Gasteiger partial charge in [-0.3, -0.25) is 20.3 Å². The minimum atomic E-state index is -5.53. The Morgan fingerprint density at radius 3 is 1.42 bits per heavy atom. The number of rotatable bonds is 14. The van der Waals surface area contributed by atoms with Gasteiger partial charge in [0.2, 0.25) is 5.78 Å². The van der Waals surface area contributed by atoms with Crippen molar-refractivity contribution < 1.29 is 222 Å². The Morgan fingerprint density at radius 2 is 0.930 bits per heavy atom. The molecule has 35 heteroatoms. The summed E-state index contributed by atoms with van der Waals surface area (Å²) in [5.41, 5.74) is -2.10. The van der Waals surface area contributed by atoms with Crippen LogP contribution < -0.4 is 153 Å². The number of hydrogen-bond acceptors (Lipinski definition) is 24. The predicted molar refractivity (Wildman–Crippen MR) is 221 cm³/mol. The molecule has 5 aromatic rings. The van der Waals surface area contributed by atoms with Crippen molar-refractivity contribution in [3.05, 3.63) is 134 Å². The molecule has 0 heterocycles.